The van der Waals surface area contributed by atoms with E-state index < -0.39 is 17.7 Å². The number of aryl methyl sites for hydroxylation is 1. The number of hydrogen-bond acceptors (Lipinski definition) is 4. The summed E-state index contributed by atoms with van der Waals surface area (Å²) in [5.74, 6) is -0.629. The SMILES string of the molecule is CCOc1cccc(C2C(C(=O)CC)=C(O)C(=O)N2c2ccccc2C)c1. The fourth-order valence-corrected chi connectivity index (χ4v) is 3.42. The van der Waals surface area contributed by atoms with Gasteiger partial charge >= 0.3 is 0 Å². The number of aliphatic hydroxyl groups excluding tert-OH is 1. The number of Topliss-reactive ketones (excluding diaryl/α,β-unsaturated/α-hetero) is 1. The molecular formula is C22H23NO4. The van der Waals surface area contributed by atoms with Crippen molar-refractivity contribution in [1.82, 2.24) is 0 Å². The Balaban J connectivity index is 2.19. The Kier molecular flexibility index (Phi) is 5.31. The van der Waals surface area contributed by atoms with Crippen molar-refractivity contribution in [2.45, 2.75) is 33.2 Å². The van der Waals surface area contributed by atoms with Crippen molar-refractivity contribution in [3.63, 3.8) is 0 Å². The summed E-state index contributed by atoms with van der Waals surface area (Å²) < 4.78 is 5.58. The van der Waals surface area contributed by atoms with Crippen LogP contribution in [0.4, 0.5) is 5.69 Å². The summed E-state index contributed by atoms with van der Waals surface area (Å²) in [6.45, 7) is 6.02. The van der Waals surface area contributed by atoms with E-state index in [4.69, 9.17) is 4.74 Å². The number of anilines is 1. The van der Waals surface area contributed by atoms with Crippen molar-refractivity contribution in [2.75, 3.05) is 11.5 Å². The molecule has 1 N–H and O–H groups in total. The van der Waals surface area contributed by atoms with Gasteiger partial charge in [-0.05, 0) is 43.2 Å². The highest BCUT2D eigenvalue weighted by Crippen LogP contribution is 2.42. The third kappa shape index (κ3) is 3.33. The number of nitrogens with zero attached hydrogens (tertiary/aromatic N) is 1. The van der Waals surface area contributed by atoms with Gasteiger partial charge in [0.05, 0.1) is 18.2 Å². The van der Waals surface area contributed by atoms with Crippen molar-refractivity contribution in [1.29, 1.82) is 0 Å². The van der Waals surface area contributed by atoms with E-state index in [1.807, 2.05) is 62.4 Å². The van der Waals surface area contributed by atoms with Crippen LogP contribution in [-0.4, -0.2) is 23.4 Å². The lowest BCUT2D eigenvalue weighted by Crippen LogP contribution is -2.31. The number of aliphatic hydroxyl groups is 1. The molecule has 1 unspecified atom stereocenters. The first-order valence-corrected chi connectivity index (χ1v) is 9.07. The van der Waals surface area contributed by atoms with E-state index in [0.717, 1.165) is 11.1 Å². The Hall–Kier alpha value is -3.08. The minimum Gasteiger partial charge on any atom is -0.503 e. The van der Waals surface area contributed by atoms with Crippen molar-refractivity contribution < 1.29 is 19.4 Å². The normalized spacial score (nSPS) is 16.8. The van der Waals surface area contributed by atoms with Crippen LogP contribution >= 0.6 is 0 Å². The van der Waals surface area contributed by atoms with Crippen LogP contribution in [-0.2, 0) is 9.59 Å². The molecule has 0 saturated heterocycles. The monoisotopic (exact) mass is 365 g/mol. The van der Waals surface area contributed by atoms with E-state index in [9.17, 15) is 14.7 Å². The molecule has 27 heavy (non-hydrogen) atoms. The third-order valence-corrected chi connectivity index (χ3v) is 4.69. The summed E-state index contributed by atoms with van der Waals surface area (Å²) in [6.07, 6.45) is 0.204. The molecule has 0 aliphatic carbocycles. The summed E-state index contributed by atoms with van der Waals surface area (Å²) in [5.41, 5.74) is 2.41. The molecule has 1 aliphatic rings. The van der Waals surface area contributed by atoms with Crippen LogP contribution in [0, 0.1) is 6.92 Å². The highest BCUT2D eigenvalue weighted by atomic mass is 16.5. The molecule has 1 aliphatic heterocycles. The second-order valence-corrected chi connectivity index (χ2v) is 6.41. The zero-order valence-electron chi connectivity index (χ0n) is 15.7. The van der Waals surface area contributed by atoms with Gasteiger partial charge in [-0.2, -0.15) is 0 Å². The Morgan fingerprint density at radius 3 is 2.56 bits per heavy atom. The van der Waals surface area contributed by atoms with Crippen molar-refractivity contribution >= 4 is 17.4 Å². The molecule has 1 atom stereocenters. The largest absolute Gasteiger partial charge is 0.503 e. The lowest BCUT2D eigenvalue weighted by molar-refractivity contribution is -0.118. The number of ether oxygens (including phenoxy) is 1. The third-order valence-electron chi connectivity index (χ3n) is 4.69. The number of carbonyl (C=O) groups excluding carboxylic acids is 2. The zero-order valence-corrected chi connectivity index (χ0v) is 15.7. The molecule has 1 heterocycles. The number of amides is 1. The number of carbonyl (C=O) groups is 2. The molecule has 2 aromatic rings. The van der Waals surface area contributed by atoms with Gasteiger partial charge in [0, 0.05) is 12.1 Å². The number of benzene rings is 2. The fourth-order valence-electron chi connectivity index (χ4n) is 3.42. The molecule has 0 fully saturated rings. The first-order chi connectivity index (χ1) is 13.0. The van der Waals surface area contributed by atoms with Gasteiger partial charge in [-0.1, -0.05) is 37.3 Å². The van der Waals surface area contributed by atoms with E-state index in [-0.39, 0.29) is 17.8 Å². The second kappa shape index (κ2) is 7.66. The summed E-state index contributed by atoms with van der Waals surface area (Å²) in [6, 6.07) is 14.0. The van der Waals surface area contributed by atoms with Crippen molar-refractivity contribution in [3.8, 4) is 5.75 Å². The van der Waals surface area contributed by atoms with E-state index in [0.29, 0.717) is 18.0 Å². The number of rotatable bonds is 6. The lowest BCUT2D eigenvalue weighted by Gasteiger charge is -2.28. The molecule has 2 aromatic carbocycles. The molecule has 0 spiro atoms. The maximum atomic E-state index is 12.9. The highest BCUT2D eigenvalue weighted by molar-refractivity contribution is 6.16. The molecule has 0 saturated carbocycles. The van der Waals surface area contributed by atoms with E-state index in [1.165, 1.54) is 4.90 Å². The molecule has 0 radical (unpaired) electrons. The molecule has 3 rings (SSSR count). The van der Waals surface area contributed by atoms with Crippen LogP contribution in [0.1, 0.15) is 37.4 Å². The molecule has 0 bridgehead atoms. The Morgan fingerprint density at radius 1 is 1.15 bits per heavy atom. The summed E-state index contributed by atoms with van der Waals surface area (Å²) in [4.78, 5) is 27.0. The lowest BCUT2D eigenvalue weighted by atomic mass is 9.94. The van der Waals surface area contributed by atoms with Crippen LogP contribution in [0.25, 0.3) is 0 Å². The highest BCUT2D eigenvalue weighted by Gasteiger charge is 2.44. The van der Waals surface area contributed by atoms with Crippen molar-refractivity contribution in [3.05, 3.63) is 71.0 Å². The number of hydrogen-bond donors (Lipinski definition) is 1. The number of ketones is 1. The van der Waals surface area contributed by atoms with Gasteiger partial charge in [-0.3, -0.25) is 14.5 Å². The van der Waals surface area contributed by atoms with Gasteiger partial charge in [-0.15, -0.1) is 0 Å². The molecule has 0 aromatic heterocycles. The first-order valence-electron chi connectivity index (χ1n) is 9.07. The minimum atomic E-state index is -0.688. The molecule has 5 heteroatoms. The van der Waals surface area contributed by atoms with E-state index in [1.54, 1.807) is 6.92 Å². The summed E-state index contributed by atoms with van der Waals surface area (Å²) in [7, 11) is 0. The van der Waals surface area contributed by atoms with Gasteiger partial charge in [-0.25, -0.2) is 0 Å². The van der Waals surface area contributed by atoms with Crippen LogP contribution in [0.2, 0.25) is 0 Å². The topological polar surface area (TPSA) is 66.8 Å². The first kappa shape index (κ1) is 18.7. The van der Waals surface area contributed by atoms with Gasteiger partial charge in [0.25, 0.3) is 5.91 Å². The van der Waals surface area contributed by atoms with Crippen LogP contribution in [0.15, 0.2) is 59.9 Å². The van der Waals surface area contributed by atoms with Crippen LogP contribution in [0.3, 0.4) is 0 Å². The average Bonchev–Trinajstić information content (AvgIpc) is 2.93. The molecule has 5 nitrogen and oxygen atoms in total. The Labute approximate surface area is 158 Å². The standard InChI is InChI=1S/C22H23NO4/c1-4-18(24)19-20(15-10-8-11-16(13-15)27-5-2)23(22(26)21(19)25)17-12-7-6-9-14(17)3/h6-13,20,25H,4-5H2,1-3H3. The quantitative estimate of drug-likeness (QED) is 0.830. The molecular weight excluding hydrogens is 342 g/mol. The average molecular weight is 365 g/mol. The molecule has 140 valence electrons. The van der Waals surface area contributed by atoms with Gasteiger partial charge in [0.1, 0.15) is 5.75 Å². The maximum Gasteiger partial charge on any atom is 0.294 e. The minimum absolute atomic E-state index is 0.138. The Bertz CT molecular complexity index is 916. The zero-order chi connectivity index (χ0) is 19.6. The second-order valence-electron chi connectivity index (χ2n) is 6.41. The summed E-state index contributed by atoms with van der Waals surface area (Å²) >= 11 is 0. The fraction of sp³-hybridized carbons (Fsp3) is 0.273. The molecule has 1 amide bonds. The summed E-state index contributed by atoms with van der Waals surface area (Å²) in [5, 5.41) is 10.5. The van der Waals surface area contributed by atoms with Crippen molar-refractivity contribution in [2.24, 2.45) is 0 Å². The predicted octanol–water partition coefficient (Wildman–Crippen LogP) is 4.27. The van der Waals surface area contributed by atoms with E-state index in [2.05, 4.69) is 0 Å². The predicted molar refractivity (Wildman–Crippen MR) is 104 cm³/mol. The Morgan fingerprint density at radius 2 is 1.89 bits per heavy atom. The van der Waals surface area contributed by atoms with Gasteiger partial charge in [0.2, 0.25) is 0 Å². The van der Waals surface area contributed by atoms with Crippen LogP contribution in [0.5, 0.6) is 5.75 Å². The van der Waals surface area contributed by atoms with E-state index >= 15 is 0 Å². The van der Waals surface area contributed by atoms with Gasteiger partial charge < -0.3 is 9.84 Å². The van der Waals surface area contributed by atoms with Gasteiger partial charge in [0.15, 0.2) is 11.5 Å². The maximum absolute atomic E-state index is 12.9. The van der Waals surface area contributed by atoms with Crippen LogP contribution < -0.4 is 9.64 Å². The number of para-hydroxylation sites is 1. The smallest absolute Gasteiger partial charge is 0.294 e.